The molecule has 1 N–H and O–H groups in total. The van der Waals surface area contributed by atoms with Crippen molar-refractivity contribution in [3.63, 3.8) is 0 Å². The van der Waals surface area contributed by atoms with Gasteiger partial charge in [0.15, 0.2) is 0 Å². The van der Waals surface area contributed by atoms with Crippen molar-refractivity contribution in [3.05, 3.63) is 23.5 Å². The summed E-state index contributed by atoms with van der Waals surface area (Å²) in [5.74, 6) is 0.231. The fourth-order valence-corrected chi connectivity index (χ4v) is 2.06. The van der Waals surface area contributed by atoms with E-state index in [4.69, 9.17) is 11.6 Å². The van der Waals surface area contributed by atoms with Gasteiger partial charge in [-0.15, -0.1) is 0 Å². The summed E-state index contributed by atoms with van der Waals surface area (Å²) in [5, 5.41) is 9.81. The van der Waals surface area contributed by atoms with Crippen LogP contribution >= 0.6 is 11.6 Å². The van der Waals surface area contributed by atoms with Crippen LogP contribution in [0, 0.1) is 0 Å². The molecule has 14 heavy (non-hydrogen) atoms. The standard InChI is InChI=1S/C10H9ClN2O/c11-10-12-8-5-7(14)3-4-9(8)13(10)6-1-2-6/h3-6,14H,1-2H2. The zero-order valence-corrected chi connectivity index (χ0v) is 8.20. The summed E-state index contributed by atoms with van der Waals surface area (Å²) in [5.41, 5.74) is 1.78. The summed E-state index contributed by atoms with van der Waals surface area (Å²) in [6, 6.07) is 5.68. The van der Waals surface area contributed by atoms with Gasteiger partial charge in [-0.3, -0.25) is 0 Å². The maximum absolute atomic E-state index is 9.29. The molecule has 0 radical (unpaired) electrons. The number of hydrogen-bond acceptors (Lipinski definition) is 2. The molecule has 2 aromatic rings. The molecular formula is C10H9ClN2O. The molecular weight excluding hydrogens is 200 g/mol. The third-order valence-electron chi connectivity index (χ3n) is 2.54. The van der Waals surface area contributed by atoms with Gasteiger partial charge in [0.25, 0.3) is 0 Å². The predicted octanol–water partition coefficient (Wildman–Crippen LogP) is 2.73. The van der Waals surface area contributed by atoms with Crippen LogP contribution < -0.4 is 0 Å². The molecule has 0 spiro atoms. The monoisotopic (exact) mass is 208 g/mol. The van der Waals surface area contributed by atoms with Crippen LogP contribution in [0.1, 0.15) is 18.9 Å². The number of benzene rings is 1. The molecule has 0 amide bonds. The number of aromatic nitrogens is 2. The number of halogens is 1. The number of phenols is 1. The minimum absolute atomic E-state index is 0.231. The number of phenolic OH excluding ortho intramolecular Hbond substituents is 1. The summed E-state index contributed by atoms with van der Waals surface area (Å²) in [6.07, 6.45) is 2.35. The van der Waals surface area contributed by atoms with Crippen molar-refractivity contribution >= 4 is 22.6 Å². The van der Waals surface area contributed by atoms with E-state index in [0.29, 0.717) is 11.3 Å². The Labute approximate surface area is 85.9 Å². The number of rotatable bonds is 1. The highest BCUT2D eigenvalue weighted by Crippen LogP contribution is 2.40. The van der Waals surface area contributed by atoms with E-state index in [0.717, 1.165) is 11.0 Å². The van der Waals surface area contributed by atoms with Crippen molar-refractivity contribution < 1.29 is 5.11 Å². The molecule has 3 nitrogen and oxygen atoms in total. The van der Waals surface area contributed by atoms with Gasteiger partial charge >= 0.3 is 0 Å². The first-order valence-corrected chi connectivity index (χ1v) is 5.00. The first-order chi connectivity index (χ1) is 6.75. The highest BCUT2D eigenvalue weighted by Gasteiger charge is 2.27. The molecule has 1 aromatic heterocycles. The van der Waals surface area contributed by atoms with Gasteiger partial charge in [0.1, 0.15) is 5.75 Å². The van der Waals surface area contributed by atoms with Crippen molar-refractivity contribution in [2.45, 2.75) is 18.9 Å². The molecule has 72 valence electrons. The minimum atomic E-state index is 0.231. The van der Waals surface area contributed by atoms with E-state index in [1.165, 1.54) is 12.8 Å². The molecule has 0 unspecified atom stereocenters. The van der Waals surface area contributed by atoms with Crippen LogP contribution in [0.5, 0.6) is 5.75 Å². The zero-order valence-electron chi connectivity index (χ0n) is 7.44. The highest BCUT2D eigenvalue weighted by molar-refractivity contribution is 6.29. The second-order valence-corrected chi connectivity index (χ2v) is 3.99. The average molecular weight is 209 g/mol. The number of fused-ring (bicyclic) bond motifs is 1. The van der Waals surface area contributed by atoms with Crippen LogP contribution in [0.25, 0.3) is 11.0 Å². The average Bonchev–Trinajstić information content (AvgIpc) is 2.89. The Morgan fingerprint density at radius 1 is 1.43 bits per heavy atom. The van der Waals surface area contributed by atoms with Crippen LogP contribution in [-0.4, -0.2) is 14.7 Å². The lowest BCUT2D eigenvalue weighted by Crippen LogP contribution is -1.92. The first kappa shape index (κ1) is 8.12. The van der Waals surface area contributed by atoms with Crippen molar-refractivity contribution in [2.24, 2.45) is 0 Å². The van der Waals surface area contributed by atoms with Gasteiger partial charge in [0.2, 0.25) is 5.28 Å². The molecule has 1 aliphatic carbocycles. The molecule has 0 aliphatic heterocycles. The third kappa shape index (κ3) is 1.09. The Kier molecular flexibility index (Phi) is 1.53. The lowest BCUT2D eigenvalue weighted by atomic mass is 10.3. The van der Waals surface area contributed by atoms with Crippen LogP contribution in [0.4, 0.5) is 0 Å². The van der Waals surface area contributed by atoms with Crippen molar-refractivity contribution in [1.82, 2.24) is 9.55 Å². The first-order valence-electron chi connectivity index (χ1n) is 4.62. The van der Waals surface area contributed by atoms with E-state index < -0.39 is 0 Å². The van der Waals surface area contributed by atoms with E-state index in [2.05, 4.69) is 4.98 Å². The number of aromatic hydroxyl groups is 1. The summed E-state index contributed by atoms with van der Waals surface area (Å²) < 4.78 is 2.04. The summed E-state index contributed by atoms with van der Waals surface area (Å²) >= 11 is 6.03. The number of nitrogens with zero attached hydrogens (tertiary/aromatic N) is 2. The molecule has 1 aromatic carbocycles. The van der Waals surface area contributed by atoms with Gasteiger partial charge in [-0.1, -0.05) is 0 Å². The van der Waals surface area contributed by atoms with Gasteiger partial charge in [0, 0.05) is 12.1 Å². The normalized spacial score (nSPS) is 16.4. The second-order valence-electron chi connectivity index (χ2n) is 3.66. The van der Waals surface area contributed by atoms with Crippen molar-refractivity contribution in [3.8, 4) is 5.75 Å². The van der Waals surface area contributed by atoms with Gasteiger partial charge in [0.05, 0.1) is 11.0 Å². The predicted molar refractivity (Wildman–Crippen MR) is 54.7 cm³/mol. The smallest absolute Gasteiger partial charge is 0.204 e. The second kappa shape index (κ2) is 2.64. The summed E-state index contributed by atoms with van der Waals surface area (Å²) in [6.45, 7) is 0. The molecule has 0 bridgehead atoms. The van der Waals surface area contributed by atoms with Gasteiger partial charge in [-0.2, -0.15) is 0 Å². The Hall–Kier alpha value is -1.22. The maximum atomic E-state index is 9.29. The third-order valence-corrected chi connectivity index (χ3v) is 2.81. The molecule has 0 saturated heterocycles. The molecule has 1 saturated carbocycles. The quantitative estimate of drug-likeness (QED) is 0.783. The van der Waals surface area contributed by atoms with Crippen LogP contribution in [0.15, 0.2) is 18.2 Å². The van der Waals surface area contributed by atoms with Gasteiger partial charge < -0.3 is 9.67 Å². The van der Waals surface area contributed by atoms with Crippen LogP contribution in [0.3, 0.4) is 0 Å². The van der Waals surface area contributed by atoms with E-state index in [1.807, 2.05) is 10.6 Å². The minimum Gasteiger partial charge on any atom is -0.508 e. The lowest BCUT2D eigenvalue weighted by molar-refractivity contribution is 0.476. The van der Waals surface area contributed by atoms with Crippen molar-refractivity contribution in [2.75, 3.05) is 0 Å². The molecule has 4 heteroatoms. The Morgan fingerprint density at radius 2 is 2.21 bits per heavy atom. The van der Waals surface area contributed by atoms with Gasteiger partial charge in [-0.25, -0.2) is 4.98 Å². The van der Waals surface area contributed by atoms with E-state index in [9.17, 15) is 5.11 Å². The largest absolute Gasteiger partial charge is 0.508 e. The maximum Gasteiger partial charge on any atom is 0.204 e. The van der Waals surface area contributed by atoms with Crippen LogP contribution in [0.2, 0.25) is 5.28 Å². The number of imidazole rings is 1. The molecule has 3 rings (SSSR count). The van der Waals surface area contributed by atoms with Crippen molar-refractivity contribution in [1.29, 1.82) is 0 Å². The summed E-state index contributed by atoms with van der Waals surface area (Å²) in [7, 11) is 0. The Balaban J connectivity index is 2.32. The van der Waals surface area contributed by atoms with E-state index >= 15 is 0 Å². The lowest BCUT2D eigenvalue weighted by Gasteiger charge is -2.01. The topological polar surface area (TPSA) is 38.1 Å². The molecule has 0 atom stereocenters. The zero-order chi connectivity index (χ0) is 9.71. The fourth-order valence-electron chi connectivity index (χ4n) is 1.74. The summed E-state index contributed by atoms with van der Waals surface area (Å²) in [4.78, 5) is 4.20. The van der Waals surface area contributed by atoms with Crippen LogP contribution in [-0.2, 0) is 0 Å². The number of hydrogen-bond donors (Lipinski definition) is 1. The van der Waals surface area contributed by atoms with E-state index in [1.54, 1.807) is 12.1 Å². The fraction of sp³-hybridized carbons (Fsp3) is 0.300. The Bertz CT molecular complexity index is 502. The molecule has 1 fully saturated rings. The highest BCUT2D eigenvalue weighted by atomic mass is 35.5. The van der Waals surface area contributed by atoms with Gasteiger partial charge in [-0.05, 0) is 36.6 Å². The SMILES string of the molecule is Oc1ccc2c(c1)nc(Cl)n2C1CC1. The Morgan fingerprint density at radius 3 is 2.93 bits per heavy atom. The molecule has 1 aliphatic rings. The molecule has 1 heterocycles. The van der Waals surface area contributed by atoms with E-state index in [-0.39, 0.29) is 5.75 Å².